The zero-order valence-electron chi connectivity index (χ0n) is 21.4. The van der Waals surface area contributed by atoms with Gasteiger partial charge >= 0.3 is 12.1 Å². The van der Waals surface area contributed by atoms with E-state index in [2.05, 4.69) is 16.4 Å². The van der Waals surface area contributed by atoms with Crippen molar-refractivity contribution in [3.63, 3.8) is 0 Å². The number of hydrogen-bond acceptors (Lipinski definition) is 3. The van der Waals surface area contributed by atoms with E-state index in [1.807, 2.05) is 6.07 Å². The van der Waals surface area contributed by atoms with E-state index in [9.17, 15) is 28.0 Å². The van der Waals surface area contributed by atoms with Crippen LogP contribution in [0.15, 0.2) is 91.1 Å². The van der Waals surface area contributed by atoms with Gasteiger partial charge in [0.1, 0.15) is 0 Å². The molecule has 4 aromatic carbocycles. The maximum atomic E-state index is 13.6. The second-order valence-electron chi connectivity index (χ2n) is 9.47. The van der Waals surface area contributed by atoms with Crippen LogP contribution in [0.1, 0.15) is 48.5 Å². The number of aromatic nitrogens is 1. The van der Waals surface area contributed by atoms with Crippen molar-refractivity contribution in [1.29, 1.82) is 5.26 Å². The predicted molar refractivity (Wildman–Crippen MR) is 147 cm³/mol. The van der Waals surface area contributed by atoms with Gasteiger partial charge in [-0.15, -0.1) is 0 Å². The van der Waals surface area contributed by atoms with E-state index in [-0.39, 0.29) is 18.5 Å². The van der Waals surface area contributed by atoms with E-state index in [0.29, 0.717) is 44.3 Å². The lowest BCUT2D eigenvalue weighted by Crippen LogP contribution is -2.23. The van der Waals surface area contributed by atoms with Crippen LogP contribution < -0.4 is 5.32 Å². The Bertz CT molecular complexity index is 1800. The summed E-state index contributed by atoms with van der Waals surface area (Å²) in [7, 11) is 0. The maximum absolute atomic E-state index is 13.6. The molecule has 5 rings (SSSR count). The van der Waals surface area contributed by atoms with Crippen LogP contribution in [-0.4, -0.2) is 22.0 Å². The fourth-order valence-corrected chi connectivity index (χ4v) is 4.72. The first-order valence-corrected chi connectivity index (χ1v) is 12.5. The molecule has 9 heteroatoms. The predicted octanol–water partition coefficient (Wildman–Crippen LogP) is 6.94. The minimum Gasteiger partial charge on any atom is -0.478 e. The summed E-state index contributed by atoms with van der Waals surface area (Å²) in [5.41, 5.74) is 4.14. The highest BCUT2D eigenvalue weighted by atomic mass is 19.4. The fourth-order valence-electron chi connectivity index (χ4n) is 4.72. The number of alkyl halides is 3. The molecule has 1 amide bonds. The SMILES string of the molecule is N#Cc1ccccc1-c1cc(C(=O)NCc2ccc(C(=O)O)cc2)c2c(Cc3ccc(C(F)(F)F)cc3)c[nH]c2c1. The first kappa shape index (κ1) is 27.2. The van der Waals surface area contributed by atoms with Crippen LogP contribution in [0.5, 0.6) is 0 Å². The Kier molecular flexibility index (Phi) is 7.32. The summed E-state index contributed by atoms with van der Waals surface area (Å²) in [6, 6.07) is 23.8. The van der Waals surface area contributed by atoms with Crippen molar-refractivity contribution in [3.8, 4) is 17.2 Å². The third kappa shape index (κ3) is 5.82. The molecule has 3 N–H and O–H groups in total. The Labute approximate surface area is 232 Å². The van der Waals surface area contributed by atoms with Gasteiger partial charge in [-0.25, -0.2) is 4.79 Å². The van der Waals surface area contributed by atoms with E-state index in [1.165, 1.54) is 24.3 Å². The number of benzene rings is 4. The highest BCUT2D eigenvalue weighted by Crippen LogP contribution is 2.33. The summed E-state index contributed by atoms with van der Waals surface area (Å²) < 4.78 is 39.1. The van der Waals surface area contributed by atoms with Gasteiger partial charge in [0.15, 0.2) is 0 Å². The zero-order valence-corrected chi connectivity index (χ0v) is 21.4. The van der Waals surface area contributed by atoms with Crippen LogP contribution in [0, 0.1) is 11.3 Å². The highest BCUT2D eigenvalue weighted by Gasteiger charge is 2.30. The smallest absolute Gasteiger partial charge is 0.416 e. The third-order valence-electron chi connectivity index (χ3n) is 6.79. The first-order valence-electron chi connectivity index (χ1n) is 12.5. The number of nitrogens with zero attached hydrogens (tertiary/aromatic N) is 1. The summed E-state index contributed by atoms with van der Waals surface area (Å²) in [4.78, 5) is 27.9. The van der Waals surface area contributed by atoms with Crippen molar-refractivity contribution in [2.24, 2.45) is 0 Å². The molecule has 1 aromatic heterocycles. The first-order chi connectivity index (χ1) is 19.6. The number of carboxylic acids is 1. The molecule has 0 bridgehead atoms. The molecule has 41 heavy (non-hydrogen) atoms. The molecule has 0 aliphatic rings. The molecule has 0 fully saturated rings. The number of carbonyl (C=O) groups excluding carboxylic acids is 1. The molecular formula is C32H22F3N3O3. The number of nitriles is 1. The van der Waals surface area contributed by atoms with Gasteiger partial charge in [0, 0.05) is 29.2 Å². The number of aromatic amines is 1. The van der Waals surface area contributed by atoms with Crippen molar-refractivity contribution in [1.82, 2.24) is 10.3 Å². The van der Waals surface area contributed by atoms with E-state index < -0.39 is 23.6 Å². The number of hydrogen-bond donors (Lipinski definition) is 3. The highest BCUT2D eigenvalue weighted by molar-refractivity contribution is 6.09. The zero-order chi connectivity index (χ0) is 29.1. The molecule has 0 saturated carbocycles. The van der Waals surface area contributed by atoms with Crippen molar-refractivity contribution < 1.29 is 27.9 Å². The maximum Gasteiger partial charge on any atom is 0.416 e. The van der Waals surface area contributed by atoms with Gasteiger partial charge in [0.25, 0.3) is 5.91 Å². The Balaban J connectivity index is 1.53. The number of carbonyl (C=O) groups is 2. The van der Waals surface area contributed by atoms with Crippen molar-refractivity contribution in [2.75, 3.05) is 0 Å². The summed E-state index contributed by atoms with van der Waals surface area (Å²) in [6.07, 6.45) is -2.43. The molecule has 0 radical (unpaired) electrons. The number of amides is 1. The number of fused-ring (bicyclic) bond motifs is 1. The van der Waals surface area contributed by atoms with Gasteiger partial charge in [-0.05, 0) is 76.7 Å². The second kappa shape index (κ2) is 11.0. The van der Waals surface area contributed by atoms with Gasteiger partial charge in [-0.2, -0.15) is 18.4 Å². The average molecular weight is 554 g/mol. The molecule has 204 valence electrons. The monoisotopic (exact) mass is 553 g/mol. The van der Waals surface area contributed by atoms with E-state index in [1.54, 1.807) is 48.7 Å². The Hall–Kier alpha value is -5.36. The third-order valence-corrected chi connectivity index (χ3v) is 6.79. The summed E-state index contributed by atoms with van der Waals surface area (Å²) in [5, 5.41) is 22.2. The Morgan fingerprint density at radius 3 is 2.27 bits per heavy atom. The van der Waals surface area contributed by atoms with E-state index >= 15 is 0 Å². The van der Waals surface area contributed by atoms with E-state index in [0.717, 1.165) is 17.7 Å². The summed E-state index contributed by atoms with van der Waals surface area (Å²) in [5.74, 6) is -1.45. The lowest BCUT2D eigenvalue weighted by atomic mass is 9.94. The van der Waals surface area contributed by atoms with Crippen molar-refractivity contribution in [3.05, 3.63) is 130 Å². The molecule has 0 spiro atoms. The van der Waals surface area contributed by atoms with Crippen molar-refractivity contribution in [2.45, 2.75) is 19.1 Å². The van der Waals surface area contributed by atoms with Crippen LogP contribution in [-0.2, 0) is 19.1 Å². The van der Waals surface area contributed by atoms with Gasteiger partial charge in [0.2, 0.25) is 0 Å². The molecular weight excluding hydrogens is 531 g/mol. The number of aromatic carboxylic acids is 1. The molecule has 5 aromatic rings. The molecule has 0 aliphatic carbocycles. The normalized spacial score (nSPS) is 11.3. The quantitative estimate of drug-likeness (QED) is 0.203. The van der Waals surface area contributed by atoms with Crippen LogP contribution >= 0.6 is 0 Å². The minimum atomic E-state index is -4.44. The van der Waals surface area contributed by atoms with Gasteiger partial charge in [-0.1, -0.05) is 42.5 Å². The lowest BCUT2D eigenvalue weighted by Gasteiger charge is -2.12. The minimum absolute atomic E-state index is 0.130. The largest absolute Gasteiger partial charge is 0.478 e. The number of rotatable bonds is 7. The standard InChI is InChI=1S/C32H22F3N3O3/c33-32(34,35)25-11-7-19(8-12-25)13-24-18-37-28-15-23(26-4-2-1-3-22(26)16-36)14-27(29(24)28)30(39)38-17-20-5-9-21(10-6-20)31(40)41/h1-12,14-15,18,37H,13,17H2,(H,38,39)(H,40,41). The molecule has 1 heterocycles. The van der Waals surface area contributed by atoms with Gasteiger partial charge in [0.05, 0.1) is 22.8 Å². The van der Waals surface area contributed by atoms with Crippen LogP contribution in [0.3, 0.4) is 0 Å². The Morgan fingerprint density at radius 1 is 0.927 bits per heavy atom. The molecule has 0 atom stereocenters. The average Bonchev–Trinajstić information content (AvgIpc) is 3.37. The van der Waals surface area contributed by atoms with Crippen molar-refractivity contribution >= 4 is 22.8 Å². The summed E-state index contributed by atoms with van der Waals surface area (Å²) in [6.45, 7) is 0.137. The van der Waals surface area contributed by atoms with E-state index in [4.69, 9.17) is 5.11 Å². The number of nitrogens with one attached hydrogen (secondary N) is 2. The lowest BCUT2D eigenvalue weighted by molar-refractivity contribution is -0.137. The number of carboxylic acid groups (broad SMARTS) is 1. The van der Waals surface area contributed by atoms with Gasteiger partial charge < -0.3 is 15.4 Å². The van der Waals surface area contributed by atoms with Crippen LogP contribution in [0.2, 0.25) is 0 Å². The van der Waals surface area contributed by atoms with Crippen LogP contribution in [0.25, 0.3) is 22.0 Å². The topological polar surface area (TPSA) is 106 Å². The van der Waals surface area contributed by atoms with Crippen LogP contribution in [0.4, 0.5) is 13.2 Å². The molecule has 0 unspecified atom stereocenters. The number of H-pyrrole nitrogens is 1. The fraction of sp³-hybridized carbons (Fsp3) is 0.0938. The molecule has 6 nitrogen and oxygen atoms in total. The second-order valence-corrected chi connectivity index (χ2v) is 9.47. The van der Waals surface area contributed by atoms with Gasteiger partial charge in [-0.3, -0.25) is 4.79 Å². The summed E-state index contributed by atoms with van der Waals surface area (Å²) >= 11 is 0. The molecule has 0 aliphatic heterocycles. The Morgan fingerprint density at radius 2 is 1.61 bits per heavy atom. The molecule has 0 saturated heterocycles. The number of halogens is 3.